The molecule has 1 aliphatic rings. The smallest absolute Gasteiger partial charge is 0.341 e. The second-order valence-electron chi connectivity index (χ2n) is 5.12. The molecule has 1 saturated heterocycles. The van der Waals surface area contributed by atoms with Crippen molar-refractivity contribution in [3.05, 3.63) is 17.0 Å². The zero-order valence-corrected chi connectivity index (χ0v) is 13.1. The van der Waals surface area contributed by atoms with Gasteiger partial charge in [0.1, 0.15) is 5.00 Å². The maximum atomic E-state index is 12.0. The van der Waals surface area contributed by atoms with Crippen LogP contribution >= 0.6 is 11.3 Å². The summed E-state index contributed by atoms with van der Waals surface area (Å²) in [5.41, 5.74) is 0.436. The molecule has 0 radical (unpaired) electrons. The number of hydrogen-bond acceptors (Lipinski definition) is 5. The fraction of sp³-hybridized carbons (Fsp3) is 0.600. The van der Waals surface area contributed by atoms with E-state index < -0.39 is 0 Å². The van der Waals surface area contributed by atoms with Crippen LogP contribution in [-0.2, 0) is 9.53 Å². The molecule has 2 heterocycles. The minimum atomic E-state index is -0.386. The normalized spacial score (nSPS) is 18.2. The number of carbonyl (C=O) groups excluding carboxylic acids is 2. The Labute approximate surface area is 129 Å². The van der Waals surface area contributed by atoms with Crippen LogP contribution in [0.1, 0.15) is 49.4 Å². The topological polar surface area (TPSA) is 67.4 Å². The van der Waals surface area contributed by atoms with Crippen molar-refractivity contribution in [1.29, 1.82) is 0 Å². The van der Waals surface area contributed by atoms with Crippen molar-refractivity contribution in [1.82, 2.24) is 5.32 Å². The highest BCUT2D eigenvalue weighted by atomic mass is 32.1. The third kappa shape index (κ3) is 4.82. The fourth-order valence-corrected chi connectivity index (χ4v) is 3.23. The number of anilines is 1. The summed E-state index contributed by atoms with van der Waals surface area (Å²) in [5.74, 6) is -0.432. The number of esters is 1. The average Bonchev–Trinajstić information content (AvgIpc) is 2.95. The zero-order valence-electron chi connectivity index (χ0n) is 12.3. The second kappa shape index (κ2) is 8.14. The zero-order chi connectivity index (χ0) is 15.1. The summed E-state index contributed by atoms with van der Waals surface area (Å²) >= 11 is 1.35. The maximum absolute atomic E-state index is 12.0. The molecule has 1 aliphatic heterocycles. The Morgan fingerprint density at radius 2 is 2.33 bits per heavy atom. The highest BCUT2D eigenvalue weighted by Gasteiger charge is 2.17. The van der Waals surface area contributed by atoms with Crippen molar-refractivity contribution in [2.45, 2.75) is 45.1 Å². The molecule has 0 saturated carbocycles. The molecule has 1 aromatic rings. The monoisotopic (exact) mass is 310 g/mol. The summed E-state index contributed by atoms with van der Waals surface area (Å²) in [5, 5.41) is 8.61. The van der Waals surface area contributed by atoms with Crippen LogP contribution in [0, 0.1) is 0 Å². The minimum absolute atomic E-state index is 0.0460. The predicted octanol–water partition coefficient (Wildman–Crippen LogP) is 2.79. The van der Waals surface area contributed by atoms with Crippen LogP contribution in [0.5, 0.6) is 0 Å². The number of piperidine rings is 1. The largest absolute Gasteiger partial charge is 0.462 e. The number of rotatable bonds is 6. The van der Waals surface area contributed by atoms with Gasteiger partial charge < -0.3 is 15.4 Å². The molecule has 1 amide bonds. The van der Waals surface area contributed by atoms with Crippen LogP contribution in [0.15, 0.2) is 11.4 Å². The number of ether oxygens (including phenoxy) is 1. The van der Waals surface area contributed by atoms with Gasteiger partial charge in [0.05, 0.1) is 12.2 Å². The van der Waals surface area contributed by atoms with E-state index in [0.717, 1.165) is 19.4 Å². The first-order valence-corrected chi connectivity index (χ1v) is 8.36. The van der Waals surface area contributed by atoms with E-state index in [1.807, 2.05) is 0 Å². The molecule has 1 fully saturated rings. The lowest BCUT2D eigenvalue weighted by Crippen LogP contribution is -2.34. The van der Waals surface area contributed by atoms with E-state index in [1.54, 1.807) is 18.4 Å². The number of carbonyl (C=O) groups is 2. The van der Waals surface area contributed by atoms with Crippen LogP contribution in [0.3, 0.4) is 0 Å². The second-order valence-corrected chi connectivity index (χ2v) is 6.03. The standard InChI is InChI=1S/C15H22N2O3S/c1-2-20-15(19)12-8-10-21-14(12)17-13(18)7-6-11-5-3-4-9-16-11/h8,10-11,16H,2-7,9H2,1H3,(H,17,18). The Morgan fingerprint density at radius 1 is 1.48 bits per heavy atom. The lowest BCUT2D eigenvalue weighted by atomic mass is 10.0. The Bertz CT molecular complexity index is 481. The molecule has 6 heteroatoms. The summed E-state index contributed by atoms with van der Waals surface area (Å²) in [7, 11) is 0. The molecule has 21 heavy (non-hydrogen) atoms. The summed E-state index contributed by atoms with van der Waals surface area (Å²) < 4.78 is 4.97. The Kier molecular flexibility index (Phi) is 6.20. The highest BCUT2D eigenvalue weighted by Crippen LogP contribution is 2.24. The van der Waals surface area contributed by atoms with Crippen LogP contribution < -0.4 is 10.6 Å². The number of amides is 1. The first-order chi connectivity index (χ1) is 10.2. The molecular weight excluding hydrogens is 288 g/mol. The maximum Gasteiger partial charge on any atom is 0.341 e. The minimum Gasteiger partial charge on any atom is -0.462 e. The van der Waals surface area contributed by atoms with Gasteiger partial charge in [-0.1, -0.05) is 6.42 Å². The predicted molar refractivity (Wildman–Crippen MR) is 83.8 cm³/mol. The van der Waals surface area contributed by atoms with Crippen LogP contribution in [0.25, 0.3) is 0 Å². The van der Waals surface area contributed by atoms with Gasteiger partial charge in [0, 0.05) is 12.5 Å². The van der Waals surface area contributed by atoms with E-state index in [0.29, 0.717) is 29.6 Å². The molecule has 0 bridgehead atoms. The van der Waals surface area contributed by atoms with Gasteiger partial charge in [0.15, 0.2) is 0 Å². The third-order valence-electron chi connectivity index (χ3n) is 3.55. The van der Waals surface area contributed by atoms with Crippen molar-refractivity contribution in [2.24, 2.45) is 0 Å². The molecular formula is C15H22N2O3S. The first-order valence-electron chi connectivity index (χ1n) is 7.48. The van der Waals surface area contributed by atoms with Crippen LogP contribution in [0.4, 0.5) is 5.00 Å². The molecule has 0 aliphatic carbocycles. The van der Waals surface area contributed by atoms with Gasteiger partial charge in [-0.2, -0.15) is 0 Å². The first kappa shape index (κ1) is 16.0. The van der Waals surface area contributed by atoms with Gasteiger partial charge in [-0.3, -0.25) is 4.79 Å². The van der Waals surface area contributed by atoms with Crippen molar-refractivity contribution >= 4 is 28.2 Å². The summed E-state index contributed by atoms with van der Waals surface area (Å²) in [6.45, 7) is 3.14. The quantitative estimate of drug-likeness (QED) is 0.793. The van der Waals surface area contributed by atoms with E-state index in [-0.39, 0.29) is 11.9 Å². The Balaban J connectivity index is 1.82. The molecule has 2 rings (SSSR count). The van der Waals surface area contributed by atoms with Gasteiger partial charge in [0.2, 0.25) is 5.91 Å². The van der Waals surface area contributed by atoms with Crippen molar-refractivity contribution < 1.29 is 14.3 Å². The Hall–Kier alpha value is -1.40. The van der Waals surface area contributed by atoms with Gasteiger partial charge in [-0.05, 0) is 44.2 Å². The van der Waals surface area contributed by atoms with E-state index in [4.69, 9.17) is 4.74 Å². The fourth-order valence-electron chi connectivity index (χ4n) is 2.44. The van der Waals surface area contributed by atoms with Gasteiger partial charge in [-0.25, -0.2) is 4.79 Å². The molecule has 1 unspecified atom stereocenters. The van der Waals surface area contributed by atoms with Crippen molar-refractivity contribution in [3.63, 3.8) is 0 Å². The molecule has 5 nitrogen and oxygen atoms in total. The summed E-state index contributed by atoms with van der Waals surface area (Å²) in [6, 6.07) is 2.12. The molecule has 116 valence electrons. The van der Waals surface area contributed by atoms with Gasteiger partial charge in [0.25, 0.3) is 0 Å². The Morgan fingerprint density at radius 3 is 3.05 bits per heavy atom. The highest BCUT2D eigenvalue weighted by molar-refractivity contribution is 7.14. The molecule has 0 spiro atoms. The SMILES string of the molecule is CCOC(=O)c1ccsc1NC(=O)CCC1CCCCN1. The number of hydrogen-bond donors (Lipinski definition) is 2. The summed E-state index contributed by atoms with van der Waals surface area (Å²) in [4.78, 5) is 23.7. The molecule has 1 atom stereocenters. The van der Waals surface area contributed by atoms with Gasteiger partial charge >= 0.3 is 5.97 Å². The van der Waals surface area contributed by atoms with E-state index in [1.165, 1.54) is 24.2 Å². The van der Waals surface area contributed by atoms with Crippen molar-refractivity contribution in [2.75, 3.05) is 18.5 Å². The lowest BCUT2D eigenvalue weighted by Gasteiger charge is -2.22. The average molecular weight is 310 g/mol. The van der Waals surface area contributed by atoms with E-state index >= 15 is 0 Å². The van der Waals surface area contributed by atoms with E-state index in [9.17, 15) is 9.59 Å². The third-order valence-corrected chi connectivity index (χ3v) is 4.38. The lowest BCUT2D eigenvalue weighted by molar-refractivity contribution is -0.116. The summed E-state index contributed by atoms with van der Waals surface area (Å²) in [6.07, 6.45) is 4.90. The molecule has 0 aromatic carbocycles. The van der Waals surface area contributed by atoms with Crippen molar-refractivity contribution in [3.8, 4) is 0 Å². The molecule has 2 N–H and O–H groups in total. The van der Waals surface area contributed by atoms with E-state index in [2.05, 4.69) is 10.6 Å². The molecule has 1 aromatic heterocycles. The van der Waals surface area contributed by atoms with Crippen LogP contribution in [-0.4, -0.2) is 31.1 Å². The van der Waals surface area contributed by atoms with Gasteiger partial charge in [-0.15, -0.1) is 11.3 Å². The number of nitrogens with one attached hydrogen (secondary N) is 2. The number of thiophene rings is 1. The van der Waals surface area contributed by atoms with Crippen LogP contribution in [0.2, 0.25) is 0 Å².